The Morgan fingerprint density at radius 3 is 2.69 bits per heavy atom. The summed E-state index contributed by atoms with van der Waals surface area (Å²) in [5.41, 5.74) is 8.37. The van der Waals surface area contributed by atoms with Gasteiger partial charge < -0.3 is 10.8 Å². The van der Waals surface area contributed by atoms with Gasteiger partial charge in [0.2, 0.25) is 0 Å². The first kappa shape index (κ1) is 9.58. The molecule has 0 aromatic heterocycles. The van der Waals surface area contributed by atoms with Crippen LogP contribution >= 0.6 is 0 Å². The molecule has 0 saturated carbocycles. The van der Waals surface area contributed by atoms with Crippen LogP contribution in [0.4, 0.5) is 5.69 Å². The highest BCUT2D eigenvalue weighted by Crippen LogP contribution is 2.12. The Labute approximate surface area is 77.2 Å². The first-order valence-electron chi connectivity index (χ1n) is 4.16. The van der Waals surface area contributed by atoms with Crippen molar-refractivity contribution in [2.24, 2.45) is 0 Å². The van der Waals surface area contributed by atoms with E-state index in [1.165, 1.54) is 0 Å². The van der Waals surface area contributed by atoms with E-state index < -0.39 is 5.97 Å². The van der Waals surface area contributed by atoms with Crippen molar-refractivity contribution in [1.82, 2.24) is 0 Å². The average molecular weight is 179 g/mol. The maximum atomic E-state index is 10.3. The van der Waals surface area contributed by atoms with E-state index in [4.69, 9.17) is 10.8 Å². The van der Waals surface area contributed by atoms with Crippen LogP contribution < -0.4 is 5.73 Å². The van der Waals surface area contributed by atoms with Gasteiger partial charge in [-0.05, 0) is 36.6 Å². The Bertz CT molecular complexity index is 300. The lowest BCUT2D eigenvalue weighted by Crippen LogP contribution is -1.98. The smallest absolute Gasteiger partial charge is 0.303 e. The zero-order valence-electron chi connectivity index (χ0n) is 7.58. The number of benzene rings is 1. The molecule has 0 saturated heterocycles. The van der Waals surface area contributed by atoms with Crippen LogP contribution in [0.25, 0.3) is 0 Å². The Hall–Kier alpha value is -1.51. The fourth-order valence-electron chi connectivity index (χ4n) is 1.29. The molecule has 1 aromatic carbocycles. The number of aliphatic carboxylic acids is 1. The number of carboxylic acid groups (broad SMARTS) is 1. The van der Waals surface area contributed by atoms with E-state index >= 15 is 0 Å². The van der Waals surface area contributed by atoms with Gasteiger partial charge in [0.25, 0.3) is 0 Å². The van der Waals surface area contributed by atoms with Gasteiger partial charge in [0.05, 0.1) is 0 Å². The van der Waals surface area contributed by atoms with Crippen molar-refractivity contribution in [3.63, 3.8) is 0 Å². The molecule has 3 nitrogen and oxygen atoms in total. The zero-order valence-corrected chi connectivity index (χ0v) is 7.58. The molecule has 0 aliphatic rings. The third-order valence-corrected chi connectivity index (χ3v) is 1.79. The number of nitrogens with two attached hydrogens (primary N) is 1. The molecule has 0 amide bonds. The molecule has 3 heteroatoms. The number of anilines is 1. The third kappa shape index (κ3) is 3.15. The van der Waals surface area contributed by atoms with Gasteiger partial charge in [-0.15, -0.1) is 0 Å². The minimum atomic E-state index is -0.778. The van der Waals surface area contributed by atoms with E-state index in [-0.39, 0.29) is 6.42 Å². The fraction of sp³-hybridized carbons (Fsp3) is 0.300. The maximum Gasteiger partial charge on any atom is 0.303 e. The molecule has 0 aliphatic carbocycles. The Balaban J connectivity index is 2.71. The second-order valence-corrected chi connectivity index (χ2v) is 3.15. The highest BCUT2D eigenvalue weighted by Gasteiger charge is 2.00. The van der Waals surface area contributed by atoms with E-state index in [2.05, 4.69) is 0 Å². The highest BCUT2D eigenvalue weighted by atomic mass is 16.4. The normalized spacial score (nSPS) is 9.92. The Morgan fingerprint density at radius 1 is 1.46 bits per heavy atom. The predicted molar refractivity (Wildman–Crippen MR) is 51.5 cm³/mol. The SMILES string of the molecule is Cc1cc(N)cc(CCC(=O)O)c1. The maximum absolute atomic E-state index is 10.3. The predicted octanol–water partition coefficient (Wildman–Crippen LogP) is 1.59. The molecule has 0 aliphatic heterocycles. The summed E-state index contributed by atoms with van der Waals surface area (Å²) in [6.07, 6.45) is 0.699. The molecule has 0 spiro atoms. The first-order chi connectivity index (χ1) is 6.08. The van der Waals surface area contributed by atoms with Crippen molar-refractivity contribution in [2.75, 3.05) is 5.73 Å². The molecule has 0 bridgehead atoms. The van der Waals surface area contributed by atoms with E-state index in [0.717, 1.165) is 11.1 Å². The number of rotatable bonds is 3. The van der Waals surface area contributed by atoms with Crippen LogP contribution in [0.15, 0.2) is 18.2 Å². The van der Waals surface area contributed by atoms with E-state index in [1.807, 2.05) is 25.1 Å². The number of aryl methyl sites for hydroxylation is 2. The van der Waals surface area contributed by atoms with E-state index in [9.17, 15) is 4.79 Å². The average Bonchev–Trinajstić information content (AvgIpc) is 1.99. The lowest BCUT2D eigenvalue weighted by molar-refractivity contribution is -0.136. The summed E-state index contributed by atoms with van der Waals surface area (Å²) in [6, 6.07) is 5.64. The molecule has 0 atom stereocenters. The van der Waals surface area contributed by atoms with Gasteiger partial charge in [0.1, 0.15) is 0 Å². The van der Waals surface area contributed by atoms with Gasteiger partial charge in [0, 0.05) is 12.1 Å². The van der Waals surface area contributed by atoms with Crippen LogP contribution in [0, 0.1) is 6.92 Å². The van der Waals surface area contributed by atoms with Crippen molar-refractivity contribution in [1.29, 1.82) is 0 Å². The van der Waals surface area contributed by atoms with Gasteiger partial charge >= 0.3 is 5.97 Å². The molecule has 0 fully saturated rings. The zero-order chi connectivity index (χ0) is 9.84. The lowest BCUT2D eigenvalue weighted by atomic mass is 10.1. The molecular weight excluding hydrogens is 166 g/mol. The molecule has 13 heavy (non-hydrogen) atoms. The summed E-state index contributed by atoms with van der Waals surface area (Å²) >= 11 is 0. The summed E-state index contributed by atoms with van der Waals surface area (Å²) < 4.78 is 0. The quantitative estimate of drug-likeness (QED) is 0.692. The molecule has 0 unspecified atom stereocenters. The van der Waals surface area contributed by atoms with Gasteiger partial charge in [-0.25, -0.2) is 0 Å². The second-order valence-electron chi connectivity index (χ2n) is 3.15. The number of carboxylic acids is 1. The van der Waals surface area contributed by atoms with E-state index in [1.54, 1.807) is 0 Å². The summed E-state index contributed by atoms with van der Waals surface area (Å²) in [4.78, 5) is 10.3. The molecule has 1 aromatic rings. The monoisotopic (exact) mass is 179 g/mol. The van der Waals surface area contributed by atoms with Crippen molar-refractivity contribution in [3.05, 3.63) is 29.3 Å². The van der Waals surface area contributed by atoms with Gasteiger partial charge in [0.15, 0.2) is 0 Å². The van der Waals surface area contributed by atoms with Crippen LogP contribution in [-0.2, 0) is 11.2 Å². The Morgan fingerprint density at radius 2 is 2.15 bits per heavy atom. The topological polar surface area (TPSA) is 63.3 Å². The van der Waals surface area contributed by atoms with Gasteiger partial charge in [-0.1, -0.05) is 6.07 Å². The van der Waals surface area contributed by atoms with Gasteiger partial charge in [-0.3, -0.25) is 4.79 Å². The minimum Gasteiger partial charge on any atom is -0.481 e. The largest absolute Gasteiger partial charge is 0.481 e. The van der Waals surface area contributed by atoms with Crippen molar-refractivity contribution < 1.29 is 9.90 Å². The lowest BCUT2D eigenvalue weighted by Gasteiger charge is -2.02. The van der Waals surface area contributed by atoms with E-state index in [0.29, 0.717) is 12.1 Å². The molecule has 0 heterocycles. The summed E-state index contributed by atoms with van der Waals surface area (Å²) in [7, 11) is 0. The number of carbonyl (C=O) groups is 1. The fourth-order valence-corrected chi connectivity index (χ4v) is 1.29. The van der Waals surface area contributed by atoms with Crippen LogP contribution in [0.1, 0.15) is 17.5 Å². The number of nitrogen functional groups attached to an aromatic ring is 1. The molecule has 70 valence electrons. The summed E-state index contributed by atoms with van der Waals surface area (Å²) in [5.74, 6) is -0.778. The third-order valence-electron chi connectivity index (χ3n) is 1.79. The molecular formula is C10H13NO2. The van der Waals surface area contributed by atoms with Crippen LogP contribution in [0.5, 0.6) is 0 Å². The summed E-state index contributed by atoms with van der Waals surface area (Å²) in [6.45, 7) is 1.95. The number of hydrogen-bond acceptors (Lipinski definition) is 2. The van der Waals surface area contributed by atoms with Crippen LogP contribution in [-0.4, -0.2) is 11.1 Å². The van der Waals surface area contributed by atoms with Crippen molar-refractivity contribution in [3.8, 4) is 0 Å². The molecule has 0 radical (unpaired) electrons. The van der Waals surface area contributed by atoms with Crippen LogP contribution in [0.2, 0.25) is 0 Å². The highest BCUT2D eigenvalue weighted by molar-refractivity contribution is 5.67. The Kier molecular flexibility index (Phi) is 2.90. The van der Waals surface area contributed by atoms with Crippen molar-refractivity contribution in [2.45, 2.75) is 19.8 Å². The van der Waals surface area contributed by atoms with Crippen molar-refractivity contribution >= 4 is 11.7 Å². The standard InChI is InChI=1S/C10H13NO2/c1-7-4-8(2-3-10(12)13)6-9(11)5-7/h4-6H,2-3,11H2,1H3,(H,12,13). The second kappa shape index (κ2) is 3.94. The van der Waals surface area contributed by atoms with Gasteiger partial charge in [-0.2, -0.15) is 0 Å². The molecule has 1 rings (SSSR count). The minimum absolute atomic E-state index is 0.156. The molecule has 3 N–H and O–H groups in total. The number of hydrogen-bond donors (Lipinski definition) is 2. The summed E-state index contributed by atoms with van der Waals surface area (Å²) in [5, 5.41) is 8.48. The first-order valence-corrected chi connectivity index (χ1v) is 4.16. The van der Waals surface area contributed by atoms with Crippen LogP contribution in [0.3, 0.4) is 0 Å².